The average molecular weight is 461 g/mol. The van der Waals surface area contributed by atoms with Crippen LogP contribution >= 0.6 is 0 Å². The van der Waals surface area contributed by atoms with Gasteiger partial charge in [-0.2, -0.15) is 0 Å². The summed E-state index contributed by atoms with van der Waals surface area (Å²) < 4.78 is 38.4. The first-order valence-electron chi connectivity index (χ1n) is 9.86. The van der Waals surface area contributed by atoms with Crippen LogP contribution in [0.4, 0.5) is 10.1 Å². The van der Waals surface area contributed by atoms with E-state index in [1.807, 2.05) is 0 Å². The fourth-order valence-corrected chi connectivity index (χ4v) is 3.85. The molecule has 3 rings (SSSR count). The summed E-state index contributed by atoms with van der Waals surface area (Å²) >= 11 is 0. The van der Waals surface area contributed by atoms with Gasteiger partial charge in [-0.3, -0.25) is 4.72 Å². The first-order chi connectivity index (χ1) is 15.1. The van der Waals surface area contributed by atoms with E-state index in [0.29, 0.717) is 12.0 Å². The van der Waals surface area contributed by atoms with Gasteiger partial charge in [0.2, 0.25) is 10.0 Å². The lowest BCUT2D eigenvalue weighted by Crippen LogP contribution is -2.28. The number of phenols is 2. The number of aromatic hydroxyl groups is 2. The van der Waals surface area contributed by atoms with E-state index in [1.54, 1.807) is 36.4 Å². The van der Waals surface area contributed by atoms with Gasteiger partial charge < -0.3 is 20.6 Å². The van der Waals surface area contributed by atoms with Crippen molar-refractivity contribution >= 4 is 15.7 Å². The molecule has 0 fully saturated rings. The van der Waals surface area contributed by atoms with Gasteiger partial charge in [0.1, 0.15) is 17.3 Å². The molecule has 170 valence electrons. The van der Waals surface area contributed by atoms with Crippen LogP contribution in [-0.2, 0) is 16.4 Å². The molecule has 0 aliphatic rings. The van der Waals surface area contributed by atoms with Crippen LogP contribution in [-0.4, -0.2) is 36.5 Å². The van der Waals surface area contributed by atoms with E-state index in [1.165, 1.54) is 30.3 Å². The monoisotopic (exact) mass is 460 g/mol. The number of sulfonamides is 1. The minimum absolute atomic E-state index is 0.0227. The zero-order valence-electron chi connectivity index (χ0n) is 17.4. The highest BCUT2D eigenvalue weighted by Crippen LogP contribution is 2.28. The van der Waals surface area contributed by atoms with Gasteiger partial charge in [-0.25, -0.2) is 12.8 Å². The Morgan fingerprint density at radius 3 is 2.19 bits per heavy atom. The van der Waals surface area contributed by atoms with Crippen LogP contribution in [0.3, 0.4) is 0 Å². The predicted octanol–water partition coefficient (Wildman–Crippen LogP) is 3.22. The largest absolute Gasteiger partial charge is 0.508 e. The van der Waals surface area contributed by atoms with Gasteiger partial charge >= 0.3 is 0 Å². The summed E-state index contributed by atoms with van der Waals surface area (Å²) in [6, 6.07) is 16.7. The van der Waals surface area contributed by atoms with Crippen molar-refractivity contribution < 1.29 is 28.1 Å². The number of phenolic OH excluding ortho intramolecular Hbond substituents is 2. The maximum atomic E-state index is 13.3. The topological polar surface area (TPSA) is 119 Å². The lowest BCUT2D eigenvalue weighted by Gasteiger charge is -2.22. The lowest BCUT2D eigenvalue weighted by atomic mass is 9.98. The average Bonchev–Trinajstić information content (AvgIpc) is 2.73. The van der Waals surface area contributed by atoms with Crippen molar-refractivity contribution in [3.63, 3.8) is 0 Å². The molecule has 5 N–H and O–H groups in total. The summed E-state index contributed by atoms with van der Waals surface area (Å²) in [7, 11) is -3.60. The molecule has 0 saturated carbocycles. The number of hydrogen-bond donors (Lipinski definition) is 5. The van der Waals surface area contributed by atoms with Crippen molar-refractivity contribution in [2.45, 2.75) is 18.6 Å². The van der Waals surface area contributed by atoms with Crippen LogP contribution in [0, 0.1) is 5.82 Å². The fraction of sp³-hybridized carbons (Fsp3) is 0.217. The molecule has 2 atom stereocenters. The fourth-order valence-electron chi connectivity index (χ4n) is 3.28. The van der Waals surface area contributed by atoms with Crippen molar-refractivity contribution in [1.29, 1.82) is 0 Å². The second-order valence-electron chi connectivity index (χ2n) is 7.55. The third kappa shape index (κ3) is 6.68. The predicted molar refractivity (Wildman–Crippen MR) is 120 cm³/mol. The standard InChI is InChI=1S/C23H25FN2O5S/c1-32(30,31)26-21-13-17(6-11-22(21)28)23(29)14-25-20(16-4-9-19(27)10-5-16)12-15-2-7-18(24)8-3-15/h2-11,13,20,23,25-29H,12,14H2,1H3/t20-,23-/m0/s1. The highest BCUT2D eigenvalue weighted by atomic mass is 32.2. The molecule has 0 bridgehead atoms. The highest BCUT2D eigenvalue weighted by Gasteiger charge is 2.17. The van der Waals surface area contributed by atoms with Crippen LogP contribution in [0.1, 0.15) is 28.8 Å². The third-order valence-corrected chi connectivity index (χ3v) is 5.50. The van der Waals surface area contributed by atoms with Gasteiger partial charge in [0.05, 0.1) is 18.0 Å². The van der Waals surface area contributed by atoms with Crippen molar-refractivity contribution in [2.24, 2.45) is 0 Å². The molecule has 3 aromatic rings. The molecule has 0 amide bonds. The Bertz CT molecular complexity index is 1150. The van der Waals surface area contributed by atoms with E-state index >= 15 is 0 Å². The number of aliphatic hydroxyl groups excluding tert-OH is 1. The second-order valence-corrected chi connectivity index (χ2v) is 9.30. The summed E-state index contributed by atoms with van der Waals surface area (Å²) in [4.78, 5) is 0. The number of benzene rings is 3. The molecule has 0 radical (unpaired) electrons. The Morgan fingerprint density at radius 1 is 0.938 bits per heavy atom. The number of nitrogens with one attached hydrogen (secondary N) is 2. The van der Waals surface area contributed by atoms with E-state index in [9.17, 15) is 28.1 Å². The zero-order valence-corrected chi connectivity index (χ0v) is 18.2. The van der Waals surface area contributed by atoms with Gasteiger partial charge in [-0.1, -0.05) is 30.3 Å². The molecule has 0 aliphatic carbocycles. The van der Waals surface area contributed by atoms with Crippen molar-refractivity contribution in [1.82, 2.24) is 5.32 Å². The molecule has 0 aromatic heterocycles. The third-order valence-electron chi connectivity index (χ3n) is 4.91. The SMILES string of the molecule is CS(=O)(=O)Nc1cc([C@@H](O)CN[C@@H](Cc2ccc(F)cc2)c2ccc(O)cc2)ccc1O. The molecule has 9 heteroatoms. The summed E-state index contributed by atoms with van der Waals surface area (Å²) in [6.45, 7) is 0.121. The van der Waals surface area contributed by atoms with Crippen LogP contribution < -0.4 is 10.0 Å². The molecule has 3 aromatic carbocycles. The van der Waals surface area contributed by atoms with Crippen LogP contribution in [0.15, 0.2) is 66.7 Å². The van der Waals surface area contributed by atoms with Crippen LogP contribution in [0.5, 0.6) is 11.5 Å². The van der Waals surface area contributed by atoms with E-state index in [2.05, 4.69) is 10.0 Å². The van der Waals surface area contributed by atoms with Gasteiger partial charge in [-0.15, -0.1) is 0 Å². The molecular weight excluding hydrogens is 435 g/mol. The first-order valence-corrected chi connectivity index (χ1v) is 11.8. The Balaban J connectivity index is 1.77. The summed E-state index contributed by atoms with van der Waals surface area (Å²) in [6.07, 6.45) is 0.479. The Hall–Kier alpha value is -3.14. The highest BCUT2D eigenvalue weighted by molar-refractivity contribution is 7.92. The van der Waals surface area contributed by atoms with Crippen molar-refractivity contribution in [2.75, 3.05) is 17.5 Å². The molecule has 0 unspecified atom stereocenters. The number of anilines is 1. The quantitative estimate of drug-likeness (QED) is 0.313. The maximum absolute atomic E-state index is 13.3. The number of halogens is 1. The Labute approximate surface area is 186 Å². The van der Waals surface area contributed by atoms with Crippen molar-refractivity contribution in [3.05, 3.63) is 89.2 Å². The minimum atomic E-state index is -3.60. The van der Waals surface area contributed by atoms with E-state index < -0.39 is 16.1 Å². The lowest BCUT2D eigenvalue weighted by molar-refractivity contribution is 0.169. The molecule has 0 saturated heterocycles. The Morgan fingerprint density at radius 2 is 1.56 bits per heavy atom. The van der Waals surface area contributed by atoms with Gasteiger partial charge in [0.25, 0.3) is 0 Å². The Kier molecular flexibility index (Phi) is 7.34. The smallest absolute Gasteiger partial charge is 0.229 e. The number of hydrogen-bond acceptors (Lipinski definition) is 6. The van der Waals surface area contributed by atoms with E-state index in [4.69, 9.17) is 0 Å². The van der Waals surface area contributed by atoms with Crippen LogP contribution in [0.25, 0.3) is 0 Å². The van der Waals surface area contributed by atoms with Gasteiger partial charge in [-0.05, 0) is 59.5 Å². The summed E-state index contributed by atoms with van der Waals surface area (Å²) in [5.74, 6) is -0.453. The van der Waals surface area contributed by atoms with E-state index in [0.717, 1.165) is 17.4 Å². The number of aliphatic hydroxyl groups is 1. The molecule has 0 heterocycles. The number of rotatable bonds is 9. The molecule has 32 heavy (non-hydrogen) atoms. The van der Waals surface area contributed by atoms with Crippen molar-refractivity contribution in [3.8, 4) is 11.5 Å². The molecular formula is C23H25FN2O5S. The molecule has 7 nitrogen and oxygen atoms in total. The normalized spacial score (nSPS) is 13.5. The molecule has 0 aliphatic heterocycles. The van der Waals surface area contributed by atoms with E-state index in [-0.39, 0.29) is 35.6 Å². The molecule has 0 spiro atoms. The zero-order chi connectivity index (χ0) is 23.3. The van der Waals surface area contributed by atoms with Gasteiger partial charge in [0.15, 0.2) is 0 Å². The summed E-state index contributed by atoms with van der Waals surface area (Å²) in [5, 5.41) is 33.4. The summed E-state index contributed by atoms with van der Waals surface area (Å²) in [5.41, 5.74) is 2.14. The second kappa shape index (κ2) is 9.99. The van der Waals surface area contributed by atoms with Crippen LogP contribution in [0.2, 0.25) is 0 Å². The minimum Gasteiger partial charge on any atom is -0.508 e. The van der Waals surface area contributed by atoms with Gasteiger partial charge in [0, 0.05) is 12.6 Å². The first kappa shape index (κ1) is 23.5. The maximum Gasteiger partial charge on any atom is 0.229 e.